The van der Waals surface area contributed by atoms with Gasteiger partial charge in [-0.05, 0) is 0 Å². The lowest BCUT2D eigenvalue weighted by atomic mass is 10.5. The minimum absolute atomic E-state index is 0.306. The van der Waals surface area contributed by atoms with Gasteiger partial charge in [-0.15, -0.1) is 11.3 Å². The van der Waals surface area contributed by atoms with E-state index in [0.717, 1.165) is 0 Å². The minimum atomic E-state index is -0.721. The van der Waals surface area contributed by atoms with Crippen LogP contribution in [0.15, 0.2) is 11.6 Å². The monoisotopic (exact) mass is 229 g/mol. The highest BCUT2D eigenvalue weighted by Gasteiger charge is 2.13. The maximum absolute atomic E-state index is 11.2. The van der Waals surface area contributed by atoms with E-state index >= 15 is 0 Å². The van der Waals surface area contributed by atoms with Crippen LogP contribution in [0.5, 0.6) is 0 Å². The molecule has 0 fully saturated rings. The number of nitrogens with one attached hydrogen (secondary N) is 2. The van der Waals surface area contributed by atoms with Crippen molar-refractivity contribution in [2.45, 2.75) is 0 Å². The van der Waals surface area contributed by atoms with Crippen molar-refractivity contribution < 1.29 is 14.3 Å². The van der Waals surface area contributed by atoms with Gasteiger partial charge in [0, 0.05) is 25.2 Å². The largest absolute Gasteiger partial charge is 0.383 e. The molecule has 6 nitrogen and oxygen atoms in total. The first kappa shape index (κ1) is 11.6. The van der Waals surface area contributed by atoms with E-state index in [-0.39, 0.29) is 0 Å². The van der Waals surface area contributed by atoms with Gasteiger partial charge in [-0.3, -0.25) is 14.9 Å². The van der Waals surface area contributed by atoms with E-state index in [1.54, 1.807) is 11.6 Å². The lowest BCUT2D eigenvalue weighted by Gasteiger charge is -2.03. The van der Waals surface area contributed by atoms with Crippen molar-refractivity contribution >= 4 is 28.3 Å². The van der Waals surface area contributed by atoms with Crippen molar-refractivity contribution in [1.29, 1.82) is 0 Å². The van der Waals surface area contributed by atoms with Crippen molar-refractivity contribution in [3.63, 3.8) is 0 Å². The van der Waals surface area contributed by atoms with Crippen LogP contribution in [0.3, 0.4) is 0 Å². The Balaban J connectivity index is 2.30. The molecule has 0 saturated carbocycles. The van der Waals surface area contributed by atoms with Gasteiger partial charge >= 0.3 is 11.8 Å². The van der Waals surface area contributed by atoms with Crippen molar-refractivity contribution in [3.8, 4) is 0 Å². The molecule has 7 heteroatoms. The summed E-state index contributed by atoms with van der Waals surface area (Å²) in [7, 11) is 1.52. The molecule has 2 N–H and O–H groups in total. The van der Waals surface area contributed by atoms with Gasteiger partial charge in [0.1, 0.15) is 0 Å². The predicted molar refractivity (Wildman–Crippen MR) is 55.6 cm³/mol. The Morgan fingerprint density at radius 1 is 1.53 bits per heavy atom. The Morgan fingerprint density at radius 2 is 2.33 bits per heavy atom. The second kappa shape index (κ2) is 6.10. The summed E-state index contributed by atoms with van der Waals surface area (Å²) < 4.78 is 4.72. The molecule has 0 bridgehead atoms. The first-order valence-corrected chi connectivity index (χ1v) is 5.09. The number of nitrogens with zero attached hydrogens (tertiary/aromatic N) is 1. The number of hydrogen-bond donors (Lipinski definition) is 2. The summed E-state index contributed by atoms with van der Waals surface area (Å²) in [4.78, 5) is 26.2. The Kier molecular flexibility index (Phi) is 4.72. The van der Waals surface area contributed by atoms with E-state index in [1.807, 2.05) is 0 Å². The van der Waals surface area contributed by atoms with Gasteiger partial charge in [-0.25, -0.2) is 4.98 Å². The van der Waals surface area contributed by atoms with E-state index in [2.05, 4.69) is 15.6 Å². The van der Waals surface area contributed by atoms with Crippen LogP contribution in [0.4, 0.5) is 5.13 Å². The minimum Gasteiger partial charge on any atom is -0.383 e. The van der Waals surface area contributed by atoms with Gasteiger partial charge < -0.3 is 10.1 Å². The molecule has 1 aromatic heterocycles. The van der Waals surface area contributed by atoms with Gasteiger partial charge in [0.2, 0.25) is 0 Å². The highest BCUT2D eigenvalue weighted by molar-refractivity contribution is 7.13. The number of carbonyl (C=O) groups excluding carboxylic acids is 2. The number of rotatable bonds is 4. The molecule has 0 spiro atoms. The summed E-state index contributed by atoms with van der Waals surface area (Å²) in [6.45, 7) is 0.677. The number of thiazole rings is 1. The summed E-state index contributed by atoms with van der Waals surface area (Å²) in [5.41, 5.74) is 0. The summed E-state index contributed by atoms with van der Waals surface area (Å²) in [6.07, 6.45) is 1.54. The number of ether oxygens (including phenoxy) is 1. The summed E-state index contributed by atoms with van der Waals surface area (Å²) in [5.74, 6) is -1.41. The Labute approximate surface area is 90.7 Å². The Bertz CT molecular complexity index is 326. The SMILES string of the molecule is COCCNC(=O)C(=O)Nc1nccs1. The zero-order chi connectivity index (χ0) is 11.1. The van der Waals surface area contributed by atoms with Gasteiger partial charge in [-0.1, -0.05) is 0 Å². The average Bonchev–Trinajstić information content (AvgIpc) is 2.70. The van der Waals surface area contributed by atoms with E-state index in [0.29, 0.717) is 18.3 Å². The van der Waals surface area contributed by atoms with Crippen LogP contribution in [-0.4, -0.2) is 37.1 Å². The number of hydrogen-bond acceptors (Lipinski definition) is 5. The smallest absolute Gasteiger partial charge is 0.315 e. The zero-order valence-electron chi connectivity index (χ0n) is 8.15. The van der Waals surface area contributed by atoms with Crippen LogP contribution in [0.1, 0.15) is 0 Å². The standard InChI is InChI=1S/C8H11N3O3S/c1-14-4-2-9-6(12)7(13)11-8-10-3-5-15-8/h3,5H,2,4H2,1H3,(H,9,12)(H,10,11,13). The first-order valence-electron chi connectivity index (χ1n) is 4.21. The fourth-order valence-corrected chi connectivity index (χ4v) is 1.31. The molecule has 82 valence electrons. The number of amides is 2. The molecule has 0 aliphatic heterocycles. The second-order valence-electron chi connectivity index (χ2n) is 2.54. The topological polar surface area (TPSA) is 80.3 Å². The average molecular weight is 229 g/mol. The quantitative estimate of drug-likeness (QED) is 0.555. The summed E-state index contributed by atoms with van der Waals surface area (Å²) in [6, 6.07) is 0. The lowest BCUT2D eigenvalue weighted by molar-refractivity contribution is -0.136. The summed E-state index contributed by atoms with van der Waals surface area (Å²) in [5, 5.41) is 6.87. The fourth-order valence-electron chi connectivity index (χ4n) is 0.786. The number of aromatic nitrogens is 1. The van der Waals surface area contributed by atoms with Gasteiger partial charge in [0.05, 0.1) is 6.61 Å². The van der Waals surface area contributed by atoms with Crippen LogP contribution in [0.25, 0.3) is 0 Å². The van der Waals surface area contributed by atoms with Gasteiger partial charge in [0.15, 0.2) is 5.13 Å². The van der Waals surface area contributed by atoms with Crippen molar-refractivity contribution in [2.75, 3.05) is 25.6 Å². The molecule has 0 atom stereocenters. The molecular formula is C8H11N3O3S. The van der Waals surface area contributed by atoms with E-state index < -0.39 is 11.8 Å². The van der Waals surface area contributed by atoms with Crippen LogP contribution in [-0.2, 0) is 14.3 Å². The van der Waals surface area contributed by atoms with Crippen molar-refractivity contribution in [3.05, 3.63) is 11.6 Å². The van der Waals surface area contributed by atoms with E-state index in [1.165, 1.54) is 18.4 Å². The second-order valence-corrected chi connectivity index (χ2v) is 3.43. The normalized spacial score (nSPS) is 9.67. The fraction of sp³-hybridized carbons (Fsp3) is 0.375. The van der Waals surface area contributed by atoms with Crippen LogP contribution < -0.4 is 10.6 Å². The third-order valence-corrected chi connectivity index (χ3v) is 2.14. The molecule has 0 unspecified atom stereocenters. The third-order valence-electron chi connectivity index (χ3n) is 1.45. The van der Waals surface area contributed by atoms with E-state index in [9.17, 15) is 9.59 Å². The third kappa shape index (κ3) is 4.05. The maximum atomic E-state index is 11.2. The van der Waals surface area contributed by atoms with Crippen LogP contribution in [0.2, 0.25) is 0 Å². The summed E-state index contributed by atoms with van der Waals surface area (Å²) >= 11 is 1.25. The Hall–Kier alpha value is -1.47. The molecular weight excluding hydrogens is 218 g/mol. The highest BCUT2D eigenvalue weighted by atomic mass is 32.1. The number of anilines is 1. The maximum Gasteiger partial charge on any atom is 0.315 e. The molecule has 0 saturated heterocycles. The van der Waals surface area contributed by atoms with Crippen LogP contribution in [0, 0.1) is 0 Å². The predicted octanol–water partition coefficient (Wildman–Crippen LogP) is -0.156. The zero-order valence-corrected chi connectivity index (χ0v) is 8.97. The van der Waals surface area contributed by atoms with Gasteiger partial charge in [0.25, 0.3) is 0 Å². The van der Waals surface area contributed by atoms with E-state index in [4.69, 9.17) is 4.74 Å². The number of carbonyl (C=O) groups is 2. The van der Waals surface area contributed by atoms with Crippen molar-refractivity contribution in [1.82, 2.24) is 10.3 Å². The molecule has 0 aromatic carbocycles. The molecule has 0 aliphatic carbocycles. The van der Waals surface area contributed by atoms with Crippen molar-refractivity contribution in [2.24, 2.45) is 0 Å². The van der Waals surface area contributed by atoms with Crippen LogP contribution >= 0.6 is 11.3 Å². The molecule has 1 aromatic rings. The first-order chi connectivity index (χ1) is 7.24. The molecule has 0 radical (unpaired) electrons. The molecule has 1 rings (SSSR count). The molecule has 0 aliphatic rings. The highest BCUT2D eigenvalue weighted by Crippen LogP contribution is 2.09. The molecule has 1 heterocycles. The Morgan fingerprint density at radius 3 is 2.93 bits per heavy atom. The molecule has 2 amide bonds. The lowest BCUT2D eigenvalue weighted by Crippen LogP contribution is -2.37. The van der Waals surface area contributed by atoms with Gasteiger partial charge in [-0.2, -0.15) is 0 Å². The molecule has 15 heavy (non-hydrogen) atoms. The number of methoxy groups -OCH3 is 1.